The van der Waals surface area contributed by atoms with Gasteiger partial charge in [0.1, 0.15) is 77.5 Å². The molecule has 0 saturated heterocycles. The Balaban J connectivity index is 2.67. The van der Waals surface area contributed by atoms with E-state index in [9.17, 15) is 91.7 Å². The lowest BCUT2D eigenvalue weighted by atomic mass is 9.90. The summed E-state index contributed by atoms with van der Waals surface area (Å²) in [5, 5.41) is 57.7. The number of carboxylic acid groups (broad SMARTS) is 2. The molecule has 674 valence electrons. The Labute approximate surface area is 704 Å². The number of aliphatic imine (C=N–C) groups is 1. The highest BCUT2D eigenvalue weighted by Gasteiger charge is 2.43. The van der Waals surface area contributed by atoms with Crippen molar-refractivity contribution >= 4 is 118 Å². The molecule has 1 aromatic rings. The number of carboxylic acids is 2. The number of nitrogens with one attached hydrogen (secondary N) is 15. The van der Waals surface area contributed by atoms with Crippen LogP contribution in [0.15, 0.2) is 60.1 Å². The van der Waals surface area contributed by atoms with Gasteiger partial charge in [-0.1, -0.05) is 124 Å². The minimum atomic E-state index is -1.96. The van der Waals surface area contributed by atoms with E-state index in [0.717, 1.165) is 6.08 Å². The Morgan fingerprint density at radius 2 is 1.12 bits per heavy atom. The van der Waals surface area contributed by atoms with Gasteiger partial charge in [-0.3, -0.25) is 96.1 Å². The molecule has 0 spiro atoms. The molecule has 0 bridgehead atoms. The molecule has 0 radical (unpaired) electrons. The number of primary amides is 2. The normalized spacial score (nSPS) is 19.7. The van der Waals surface area contributed by atoms with Crippen LogP contribution in [-0.4, -0.2) is 226 Å². The maximum atomic E-state index is 15.1. The van der Waals surface area contributed by atoms with Crippen LogP contribution in [0.2, 0.25) is 0 Å². The standard InChI is InChI=1S/C80H128N20O21/c1-14-44(7)62-73(117)87-42-59(104)90-55(40-61(107)108)72(116)100-79(12,76(120)96-53(65(82)109)39-49-28-23-22-24-29-49)35-25-20-18-19-21-26-36-80(13,77(121)98-62)99-71(115)50(30-27-37-85-78(83)84)92-69(113)54(38-43(5)6)94-68(112)52(32-34-60(105)106)93-67(111)51(31-33-57(81)102)91-66(110)47(10)88-74(118)64(46(9)16-3)97-70(114)56(41-86-58(103)17-4)95-75(119)63(45(8)15-2)89-48(11)101/h17-19,22-24,28-29,43-47,50-56,62-64H,4,14-16,20-21,25-27,30-42H2,1-3,5-13H3,(H2,81,102)(H2,82,109)(H,86,103)(H,87,117)(H,88,118)(H,89,101)(H,90,104)(H,91,110)(H,92,113)(H,93,111)(H,94,112)(H,95,119)(H,96,120)(H,97,114)(H,98,121)(H,99,115)(H,100,116)(H,105,106)(H,107,108)(H4,83,84,85). The van der Waals surface area contributed by atoms with Crippen molar-refractivity contribution < 1.29 is 101 Å². The number of nitrogens with zero attached hydrogens (tertiary/aromatic N) is 1. The summed E-state index contributed by atoms with van der Waals surface area (Å²) in [4.78, 5) is 264. The van der Waals surface area contributed by atoms with E-state index in [4.69, 9.17) is 22.9 Å². The summed E-state index contributed by atoms with van der Waals surface area (Å²) in [6, 6.07) is -8.35. The number of hydrogen-bond acceptors (Lipinski definition) is 20. The van der Waals surface area contributed by atoms with Gasteiger partial charge in [0.25, 0.3) is 0 Å². The molecule has 1 heterocycles. The number of amides is 17. The number of benzene rings is 1. The average Bonchev–Trinajstić information content (AvgIpc) is 0.942. The molecule has 16 atom stereocenters. The van der Waals surface area contributed by atoms with E-state index in [2.05, 4.69) is 91.3 Å². The summed E-state index contributed by atoms with van der Waals surface area (Å²) in [5.74, 6) is -21.6. The summed E-state index contributed by atoms with van der Waals surface area (Å²) < 4.78 is 0. The first kappa shape index (κ1) is 105. The number of carbonyl (C=O) groups excluding carboxylic acids is 17. The molecular weight excluding hydrogens is 1580 g/mol. The van der Waals surface area contributed by atoms with Crippen LogP contribution in [0, 0.1) is 23.7 Å². The molecule has 0 aliphatic carbocycles. The lowest BCUT2D eigenvalue weighted by Crippen LogP contribution is -2.64. The van der Waals surface area contributed by atoms with Gasteiger partial charge in [-0.05, 0) is 127 Å². The molecule has 16 unspecified atom stereocenters. The van der Waals surface area contributed by atoms with Gasteiger partial charge in [-0.25, -0.2) is 0 Å². The second-order valence-electron chi connectivity index (χ2n) is 31.2. The van der Waals surface area contributed by atoms with Crippen molar-refractivity contribution in [3.8, 4) is 0 Å². The maximum Gasteiger partial charge on any atom is 0.305 e. The van der Waals surface area contributed by atoms with Gasteiger partial charge in [-0.2, -0.15) is 0 Å². The first-order valence-corrected chi connectivity index (χ1v) is 40.6. The van der Waals surface area contributed by atoms with Crippen molar-refractivity contribution in [3.05, 3.63) is 60.7 Å². The van der Waals surface area contributed by atoms with E-state index < -0.39 is 259 Å². The topological polar surface area (TPSA) is 662 Å². The highest BCUT2D eigenvalue weighted by Crippen LogP contribution is 2.22. The maximum absolute atomic E-state index is 15.1. The minimum absolute atomic E-state index is 0.00776. The van der Waals surface area contributed by atoms with Gasteiger partial charge in [0.2, 0.25) is 100 Å². The Morgan fingerprint density at radius 3 is 1.65 bits per heavy atom. The third kappa shape index (κ3) is 38.2. The Morgan fingerprint density at radius 1 is 0.595 bits per heavy atom. The molecule has 1 aliphatic rings. The van der Waals surface area contributed by atoms with E-state index in [1.807, 2.05) is 0 Å². The highest BCUT2D eigenvalue weighted by atomic mass is 16.4. The summed E-state index contributed by atoms with van der Waals surface area (Å²) in [7, 11) is 0. The first-order valence-electron chi connectivity index (χ1n) is 40.6. The third-order valence-electron chi connectivity index (χ3n) is 20.4. The molecule has 0 saturated carbocycles. The average molecular weight is 1710 g/mol. The van der Waals surface area contributed by atoms with Gasteiger partial charge in [-0.15, -0.1) is 0 Å². The first-order chi connectivity index (χ1) is 56.7. The Hall–Kier alpha value is -12.1. The molecule has 41 heteroatoms. The van der Waals surface area contributed by atoms with Crippen molar-refractivity contribution in [2.75, 3.05) is 19.6 Å². The molecule has 0 aromatic heterocycles. The van der Waals surface area contributed by atoms with Gasteiger partial charge in [0.15, 0.2) is 5.96 Å². The largest absolute Gasteiger partial charge is 0.481 e. The zero-order valence-electron chi connectivity index (χ0n) is 71.2. The van der Waals surface area contributed by atoms with Gasteiger partial charge in [0, 0.05) is 39.3 Å². The number of rotatable bonds is 45. The van der Waals surface area contributed by atoms with Crippen LogP contribution >= 0.6 is 0 Å². The fourth-order valence-electron chi connectivity index (χ4n) is 12.5. The number of allylic oxidation sites excluding steroid dienone is 2. The molecule has 1 aromatic carbocycles. The van der Waals surface area contributed by atoms with E-state index in [0.29, 0.717) is 12.0 Å². The lowest BCUT2D eigenvalue weighted by Gasteiger charge is -2.34. The van der Waals surface area contributed by atoms with Gasteiger partial charge >= 0.3 is 11.9 Å². The van der Waals surface area contributed by atoms with Crippen molar-refractivity contribution in [2.45, 2.75) is 276 Å². The smallest absolute Gasteiger partial charge is 0.305 e. The zero-order chi connectivity index (χ0) is 91.6. The fraction of sp³-hybridized carbons (Fsp3) is 0.625. The zero-order valence-corrected chi connectivity index (χ0v) is 71.2. The molecule has 41 nitrogen and oxygen atoms in total. The molecule has 121 heavy (non-hydrogen) atoms. The van der Waals surface area contributed by atoms with Crippen molar-refractivity contribution in [1.82, 2.24) is 79.8 Å². The predicted molar refractivity (Wildman–Crippen MR) is 443 cm³/mol. The molecular formula is C80H128N20O21. The summed E-state index contributed by atoms with van der Waals surface area (Å²) in [6.45, 7) is 20.4. The monoisotopic (exact) mass is 1700 g/mol. The van der Waals surface area contributed by atoms with Crippen LogP contribution in [0.4, 0.5) is 0 Å². The van der Waals surface area contributed by atoms with Crippen molar-refractivity contribution in [3.63, 3.8) is 0 Å². The molecule has 0 fully saturated rings. The lowest BCUT2D eigenvalue weighted by molar-refractivity contribution is -0.142. The van der Waals surface area contributed by atoms with Crippen LogP contribution in [0.25, 0.3) is 0 Å². The summed E-state index contributed by atoms with van der Waals surface area (Å²) in [5.41, 5.74) is 19.3. The molecule has 2 rings (SSSR count). The summed E-state index contributed by atoms with van der Waals surface area (Å²) in [6.07, 6.45) is 1.87. The third-order valence-corrected chi connectivity index (χ3v) is 20.4. The van der Waals surface area contributed by atoms with Gasteiger partial charge in [0.05, 0.1) is 13.0 Å². The van der Waals surface area contributed by atoms with Crippen LogP contribution in [-0.2, 0) is 97.5 Å². The number of guanidine groups is 1. The minimum Gasteiger partial charge on any atom is -0.481 e. The van der Waals surface area contributed by atoms with E-state index in [1.54, 1.807) is 97.9 Å². The number of carbonyl (C=O) groups is 19. The molecule has 25 N–H and O–H groups in total. The van der Waals surface area contributed by atoms with E-state index >= 15 is 9.59 Å². The number of aliphatic carboxylic acids is 2. The quantitative estimate of drug-likeness (QED) is 0.0102. The van der Waals surface area contributed by atoms with Crippen LogP contribution < -0.4 is 103 Å². The second kappa shape index (κ2) is 52.7. The van der Waals surface area contributed by atoms with Gasteiger partial charge < -0.3 is 113 Å². The van der Waals surface area contributed by atoms with Crippen LogP contribution in [0.1, 0.15) is 198 Å². The van der Waals surface area contributed by atoms with Crippen LogP contribution in [0.5, 0.6) is 0 Å². The van der Waals surface area contributed by atoms with Crippen molar-refractivity contribution in [2.24, 2.45) is 51.6 Å². The summed E-state index contributed by atoms with van der Waals surface area (Å²) >= 11 is 0. The predicted octanol–water partition coefficient (Wildman–Crippen LogP) is -2.99. The molecule has 1 aliphatic heterocycles. The second-order valence-corrected chi connectivity index (χ2v) is 31.2. The Bertz CT molecular complexity index is 3860. The van der Waals surface area contributed by atoms with E-state index in [1.165, 1.54) is 27.7 Å². The van der Waals surface area contributed by atoms with Crippen molar-refractivity contribution in [1.29, 1.82) is 0 Å². The molecule has 17 amide bonds. The Kier molecular flexibility index (Phi) is 45.8. The van der Waals surface area contributed by atoms with E-state index in [-0.39, 0.29) is 89.6 Å². The fourth-order valence-corrected chi connectivity index (χ4v) is 12.5. The highest BCUT2D eigenvalue weighted by molar-refractivity contribution is 6.02. The SMILES string of the molecule is C=CC(=O)NCC(NC(=O)C(NC(C)=O)C(C)CC)C(=O)NC(C(=O)NC(C)C(=O)NC(CCC(N)=O)C(=O)NC(CCC(=O)O)C(=O)NC(CC(C)C)C(=O)NC(CCCN=C(N)N)C(=O)NC1(C)CCCC=CCCCC(C)(C(=O)NC(Cc2ccccc2)C(N)=O)NC(=O)C(CC(=O)O)NC(=O)CNC(=O)C(C(C)CC)NC1=O)C(C)CC. The number of nitrogens with two attached hydrogens (primary N) is 4. The van der Waals surface area contributed by atoms with Crippen LogP contribution in [0.3, 0.4) is 0 Å². The number of hydrogen-bond donors (Lipinski definition) is 21.